The van der Waals surface area contributed by atoms with Crippen molar-refractivity contribution in [2.75, 3.05) is 51.4 Å². The summed E-state index contributed by atoms with van der Waals surface area (Å²) in [5.74, 6) is 4.21. The third kappa shape index (κ3) is 7.72. The van der Waals surface area contributed by atoms with Gasteiger partial charge in [-0.2, -0.15) is 11.8 Å². The molecule has 0 spiro atoms. The molecule has 2 rings (SSSR count). The molecule has 0 bridgehead atoms. The highest BCUT2D eigenvalue weighted by Gasteiger charge is 2.40. The normalized spacial score (nSPS) is 25.8. The maximum atomic E-state index is 5.55. The Labute approximate surface area is 181 Å². The molecule has 2 atom stereocenters. The van der Waals surface area contributed by atoms with E-state index in [4.69, 9.17) is 4.74 Å². The molecule has 0 amide bonds. The third-order valence-electron chi connectivity index (χ3n) is 5.37. The Hall–Kier alpha value is 0.270. The summed E-state index contributed by atoms with van der Waals surface area (Å²) in [6, 6.07) is 0.460. The molecule has 0 aromatic rings. The van der Waals surface area contributed by atoms with Crippen molar-refractivity contribution in [1.82, 2.24) is 15.5 Å². The number of nitrogens with one attached hydrogen (secondary N) is 2. The highest BCUT2D eigenvalue weighted by molar-refractivity contribution is 14.0. The van der Waals surface area contributed by atoms with Crippen LogP contribution in [0.4, 0.5) is 0 Å². The smallest absolute Gasteiger partial charge is 0.191 e. The second-order valence-electron chi connectivity index (χ2n) is 7.92. The van der Waals surface area contributed by atoms with Gasteiger partial charge in [-0.25, -0.2) is 0 Å². The predicted octanol–water partition coefficient (Wildman–Crippen LogP) is 3.19. The molecule has 0 aliphatic carbocycles. The van der Waals surface area contributed by atoms with E-state index in [0.717, 1.165) is 44.7 Å². The zero-order chi connectivity index (χ0) is 18.1. The first-order chi connectivity index (χ1) is 12.1. The molecule has 2 heterocycles. The van der Waals surface area contributed by atoms with Crippen LogP contribution in [-0.2, 0) is 4.74 Å². The van der Waals surface area contributed by atoms with E-state index >= 15 is 0 Å². The quantitative estimate of drug-likeness (QED) is 0.306. The number of halogens is 1. The first kappa shape index (κ1) is 24.3. The first-order valence-corrected chi connectivity index (χ1v) is 11.1. The molecule has 26 heavy (non-hydrogen) atoms. The molecule has 0 aromatic heterocycles. The maximum absolute atomic E-state index is 5.55. The van der Waals surface area contributed by atoms with Gasteiger partial charge in [0.2, 0.25) is 0 Å². The monoisotopic (exact) mass is 498 g/mol. The van der Waals surface area contributed by atoms with Crippen molar-refractivity contribution in [3.05, 3.63) is 0 Å². The first-order valence-electron chi connectivity index (χ1n) is 9.93. The van der Waals surface area contributed by atoms with Crippen molar-refractivity contribution >= 4 is 41.7 Å². The van der Waals surface area contributed by atoms with E-state index in [9.17, 15) is 0 Å². The van der Waals surface area contributed by atoms with Gasteiger partial charge in [0.15, 0.2) is 5.96 Å². The fourth-order valence-electron chi connectivity index (χ4n) is 3.72. The second-order valence-corrected chi connectivity index (χ2v) is 9.03. The van der Waals surface area contributed by atoms with Crippen LogP contribution in [0.25, 0.3) is 0 Å². The van der Waals surface area contributed by atoms with Gasteiger partial charge in [-0.1, -0.05) is 26.7 Å². The summed E-state index contributed by atoms with van der Waals surface area (Å²) in [7, 11) is 1.88. The lowest BCUT2D eigenvalue weighted by molar-refractivity contribution is -0.0120. The molecule has 2 aliphatic rings. The van der Waals surface area contributed by atoms with Gasteiger partial charge in [-0.05, 0) is 31.4 Å². The van der Waals surface area contributed by atoms with Gasteiger partial charge in [0, 0.05) is 44.0 Å². The fraction of sp³-hybridized carbons (Fsp3) is 0.947. The topological polar surface area (TPSA) is 48.9 Å². The summed E-state index contributed by atoms with van der Waals surface area (Å²) < 4.78 is 5.55. The van der Waals surface area contributed by atoms with Crippen LogP contribution in [0, 0.1) is 5.92 Å². The second kappa shape index (κ2) is 12.7. The number of hydrogen-bond donors (Lipinski definition) is 2. The van der Waals surface area contributed by atoms with Crippen LogP contribution < -0.4 is 10.6 Å². The molecular weight excluding hydrogens is 459 g/mol. The molecule has 0 radical (unpaired) electrons. The van der Waals surface area contributed by atoms with Gasteiger partial charge in [0.25, 0.3) is 0 Å². The number of aliphatic imine (C=N–C) groups is 1. The lowest BCUT2D eigenvalue weighted by Gasteiger charge is -2.43. The average Bonchev–Trinajstić information content (AvgIpc) is 3.09. The largest absolute Gasteiger partial charge is 0.379 e. The summed E-state index contributed by atoms with van der Waals surface area (Å²) in [6.07, 6.45) is 5.03. The number of morpholine rings is 1. The van der Waals surface area contributed by atoms with E-state index in [2.05, 4.69) is 53.1 Å². The molecular formula is C19H39IN4OS. The highest BCUT2D eigenvalue weighted by atomic mass is 127. The minimum absolute atomic E-state index is 0. The third-order valence-corrected chi connectivity index (χ3v) is 6.61. The Kier molecular flexibility index (Phi) is 11.8. The Morgan fingerprint density at radius 1 is 1.23 bits per heavy atom. The van der Waals surface area contributed by atoms with Crippen molar-refractivity contribution in [3.8, 4) is 0 Å². The minimum atomic E-state index is 0. The molecule has 0 aromatic carbocycles. The van der Waals surface area contributed by atoms with Crippen molar-refractivity contribution in [2.45, 2.75) is 58.0 Å². The lowest BCUT2D eigenvalue weighted by Crippen LogP contribution is -2.60. The van der Waals surface area contributed by atoms with Gasteiger partial charge >= 0.3 is 0 Å². The number of ether oxygens (including phenoxy) is 1. The summed E-state index contributed by atoms with van der Waals surface area (Å²) in [4.78, 5) is 7.09. The molecule has 2 aliphatic heterocycles. The van der Waals surface area contributed by atoms with Crippen LogP contribution in [0.3, 0.4) is 0 Å². The van der Waals surface area contributed by atoms with Gasteiger partial charge in [-0.3, -0.25) is 9.89 Å². The number of guanidine groups is 1. The van der Waals surface area contributed by atoms with Crippen LogP contribution in [0.2, 0.25) is 0 Å². The van der Waals surface area contributed by atoms with Crippen molar-refractivity contribution in [1.29, 1.82) is 0 Å². The number of thioether (sulfide) groups is 1. The molecule has 7 heteroatoms. The van der Waals surface area contributed by atoms with Crippen molar-refractivity contribution < 1.29 is 4.74 Å². The van der Waals surface area contributed by atoms with E-state index in [1.54, 1.807) is 0 Å². The van der Waals surface area contributed by atoms with Gasteiger partial charge in [0.1, 0.15) is 0 Å². The number of nitrogens with zero attached hydrogens (tertiary/aromatic N) is 2. The summed E-state index contributed by atoms with van der Waals surface area (Å²) in [5, 5.41) is 7.20. The standard InChI is InChI=1S/C19H38N4OS.HI/c1-16(2)6-5-7-17(3)22-18(20-4)21-14-19(8-13-25-15-19)23-9-11-24-12-10-23;/h16-17H,5-15H2,1-4H3,(H2,20,21,22);1H. The maximum Gasteiger partial charge on any atom is 0.191 e. The Bertz CT molecular complexity index is 410. The molecule has 2 unspecified atom stereocenters. The number of hydrogen-bond acceptors (Lipinski definition) is 4. The van der Waals surface area contributed by atoms with E-state index in [-0.39, 0.29) is 29.5 Å². The SMILES string of the molecule is CN=C(NCC1(N2CCOCC2)CCSC1)NC(C)CCCC(C)C.I. The van der Waals surface area contributed by atoms with E-state index in [0.29, 0.717) is 6.04 Å². The van der Waals surface area contributed by atoms with Crippen molar-refractivity contribution in [2.24, 2.45) is 10.9 Å². The van der Waals surface area contributed by atoms with Crippen molar-refractivity contribution in [3.63, 3.8) is 0 Å². The van der Waals surface area contributed by atoms with E-state index in [1.807, 2.05) is 7.05 Å². The fourth-order valence-corrected chi connectivity index (χ4v) is 5.19. The summed E-state index contributed by atoms with van der Waals surface area (Å²) in [6.45, 7) is 11.7. The van der Waals surface area contributed by atoms with Gasteiger partial charge < -0.3 is 15.4 Å². The van der Waals surface area contributed by atoms with Crippen LogP contribution in [0.1, 0.15) is 46.5 Å². The summed E-state index contributed by atoms with van der Waals surface area (Å²) >= 11 is 2.08. The van der Waals surface area contributed by atoms with E-state index < -0.39 is 0 Å². The van der Waals surface area contributed by atoms with Crippen LogP contribution >= 0.6 is 35.7 Å². The van der Waals surface area contributed by atoms with Gasteiger partial charge in [-0.15, -0.1) is 24.0 Å². The predicted molar refractivity (Wildman–Crippen MR) is 125 cm³/mol. The molecule has 154 valence electrons. The van der Waals surface area contributed by atoms with Crippen LogP contribution in [0.15, 0.2) is 4.99 Å². The van der Waals surface area contributed by atoms with Crippen LogP contribution in [-0.4, -0.2) is 73.8 Å². The van der Waals surface area contributed by atoms with E-state index in [1.165, 1.54) is 37.2 Å². The molecule has 2 fully saturated rings. The van der Waals surface area contributed by atoms with Crippen LogP contribution in [0.5, 0.6) is 0 Å². The molecule has 0 saturated carbocycles. The molecule has 5 nitrogen and oxygen atoms in total. The Morgan fingerprint density at radius 3 is 2.54 bits per heavy atom. The zero-order valence-corrected chi connectivity index (χ0v) is 20.2. The Morgan fingerprint density at radius 2 is 1.96 bits per heavy atom. The van der Waals surface area contributed by atoms with Gasteiger partial charge in [0.05, 0.1) is 13.2 Å². The average molecular weight is 499 g/mol. The Balaban J connectivity index is 0.00000338. The molecule has 2 saturated heterocycles. The minimum Gasteiger partial charge on any atom is -0.379 e. The molecule has 2 N–H and O–H groups in total. The zero-order valence-electron chi connectivity index (χ0n) is 17.1. The number of rotatable bonds is 8. The lowest BCUT2D eigenvalue weighted by atomic mass is 9.95. The summed E-state index contributed by atoms with van der Waals surface area (Å²) in [5.41, 5.74) is 0.257. The highest BCUT2D eigenvalue weighted by Crippen LogP contribution is 2.33.